The van der Waals surface area contributed by atoms with Crippen LogP contribution < -0.4 is 10.5 Å². The first kappa shape index (κ1) is 14.7. The molecule has 1 unspecified atom stereocenters. The molecule has 0 aliphatic carbocycles. The summed E-state index contributed by atoms with van der Waals surface area (Å²) in [5.74, 6) is -0.752. The van der Waals surface area contributed by atoms with Gasteiger partial charge >= 0.3 is 0 Å². The number of carbonyl (C=O) groups is 1. The van der Waals surface area contributed by atoms with Crippen LogP contribution in [0.15, 0.2) is 18.2 Å². The van der Waals surface area contributed by atoms with Gasteiger partial charge in [0.05, 0.1) is 20.3 Å². The molecule has 1 amide bonds. The maximum absolute atomic E-state index is 13.6. The summed E-state index contributed by atoms with van der Waals surface area (Å²) in [5, 5.41) is 0. The zero-order valence-electron chi connectivity index (χ0n) is 11.0. The number of hydrogen-bond acceptors (Lipinski definition) is 4. The number of amides is 1. The molecule has 20 heavy (non-hydrogen) atoms. The minimum Gasteiger partial charge on any atom is -0.494 e. The summed E-state index contributed by atoms with van der Waals surface area (Å²) in [6.45, 7) is 1.06. The fourth-order valence-corrected chi connectivity index (χ4v) is 2.13. The third-order valence-corrected chi connectivity index (χ3v) is 3.33. The van der Waals surface area contributed by atoms with Crippen molar-refractivity contribution in [2.24, 2.45) is 5.73 Å². The smallest absolute Gasteiger partial charge is 0.254 e. The van der Waals surface area contributed by atoms with E-state index in [-0.39, 0.29) is 28.8 Å². The van der Waals surface area contributed by atoms with E-state index in [1.54, 1.807) is 4.90 Å². The molecule has 1 saturated heterocycles. The molecule has 0 bridgehead atoms. The number of thiocarbonyl (C=S) groups is 1. The maximum atomic E-state index is 13.6. The summed E-state index contributed by atoms with van der Waals surface area (Å²) in [6.07, 6.45) is -0.453. The number of carbonyl (C=O) groups excluding carboxylic acids is 1. The highest BCUT2D eigenvalue weighted by Crippen LogP contribution is 2.19. The van der Waals surface area contributed by atoms with Crippen molar-refractivity contribution < 1.29 is 18.7 Å². The van der Waals surface area contributed by atoms with Crippen LogP contribution in [0.4, 0.5) is 4.39 Å². The van der Waals surface area contributed by atoms with Gasteiger partial charge in [-0.05, 0) is 18.2 Å². The van der Waals surface area contributed by atoms with Crippen LogP contribution >= 0.6 is 12.2 Å². The van der Waals surface area contributed by atoms with Gasteiger partial charge in [-0.25, -0.2) is 4.39 Å². The molecule has 1 aromatic rings. The summed E-state index contributed by atoms with van der Waals surface area (Å²) in [6, 6.07) is 4.11. The first-order chi connectivity index (χ1) is 9.52. The first-order valence-corrected chi connectivity index (χ1v) is 6.47. The number of methoxy groups -OCH3 is 1. The lowest BCUT2D eigenvalue weighted by molar-refractivity contribution is 0.00876. The molecule has 1 atom stereocenters. The summed E-state index contributed by atoms with van der Waals surface area (Å²) >= 11 is 4.86. The molecule has 0 spiro atoms. The Morgan fingerprint density at radius 2 is 2.35 bits per heavy atom. The lowest BCUT2D eigenvalue weighted by Gasteiger charge is -2.32. The number of hydrogen-bond donors (Lipinski definition) is 1. The van der Waals surface area contributed by atoms with Crippen molar-refractivity contribution in [3.63, 3.8) is 0 Å². The zero-order chi connectivity index (χ0) is 14.7. The van der Waals surface area contributed by atoms with E-state index in [0.717, 1.165) is 6.07 Å². The number of nitrogens with zero attached hydrogens (tertiary/aromatic N) is 1. The topological polar surface area (TPSA) is 64.8 Å². The Morgan fingerprint density at radius 3 is 2.95 bits per heavy atom. The number of rotatable bonds is 3. The average molecular weight is 298 g/mol. The van der Waals surface area contributed by atoms with E-state index in [2.05, 4.69) is 0 Å². The van der Waals surface area contributed by atoms with Crippen LogP contribution in [-0.2, 0) is 4.74 Å². The van der Waals surface area contributed by atoms with Crippen LogP contribution in [0.25, 0.3) is 0 Å². The van der Waals surface area contributed by atoms with Crippen molar-refractivity contribution in [1.29, 1.82) is 0 Å². The second kappa shape index (κ2) is 6.15. The van der Waals surface area contributed by atoms with Crippen LogP contribution in [0.2, 0.25) is 0 Å². The molecule has 0 radical (unpaired) electrons. The molecule has 1 aliphatic heterocycles. The Labute approximate surface area is 121 Å². The lowest BCUT2D eigenvalue weighted by Crippen LogP contribution is -2.49. The summed E-state index contributed by atoms with van der Waals surface area (Å²) in [7, 11) is 1.37. The average Bonchev–Trinajstić information content (AvgIpc) is 2.46. The second-order valence-electron chi connectivity index (χ2n) is 4.36. The predicted molar refractivity (Wildman–Crippen MR) is 75.4 cm³/mol. The van der Waals surface area contributed by atoms with Gasteiger partial charge in [0.1, 0.15) is 11.1 Å². The third kappa shape index (κ3) is 3.05. The van der Waals surface area contributed by atoms with Gasteiger partial charge in [-0.1, -0.05) is 12.2 Å². The van der Waals surface area contributed by atoms with E-state index in [4.69, 9.17) is 27.4 Å². The molecule has 1 aromatic carbocycles. The Morgan fingerprint density at radius 1 is 1.60 bits per heavy atom. The number of nitrogens with two attached hydrogens (primary N) is 1. The highest BCUT2D eigenvalue weighted by Gasteiger charge is 2.27. The van der Waals surface area contributed by atoms with Crippen molar-refractivity contribution in [3.05, 3.63) is 29.6 Å². The van der Waals surface area contributed by atoms with E-state index in [1.807, 2.05) is 0 Å². The fourth-order valence-electron chi connectivity index (χ4n) is 1.99. The largest absolute Gasteiger partial charge is 0.494 e. The monoisotopic (exact) mass is 298 g/mol. The number of benzene rings is 1. The number of ether oxygens (including phenoxy) is 2. The second-order valence-corrected chi connectivity index (χ2v) is 4.83. The van der Waals surface area contributed by atoms with Gasteiger partial charge in [-0.15, -0.1) is 0 Å². The SMILES string of the molecule is COc1ccc(C(=O)N2CCOC(C(N)=S)C2)cc1F. The van der Waals surface area contributed by atoms with Crippen LogP contribution in [0.5, 0.6) is 5.75 Å². The summed E-state index contributed by atoms with van der Waals surface area (Å²) in [5.41, 5.74) is 5.78. The van der Waals surface area contributed by atoms with E-state index < -0.39 is 11.9 Å². The first-order valence-electron chi connectivity index (χ1n) is 6.06. The molecule has 1 aliphatic rings. The minimum absolute atomic E-state index is 0.101. The van der Waals surface area contributed by atoms with Crippen molar-refractivity contribution in [1.82, 2.24) is 4.90 Å². The van der Waals surface area contributed by atoms with Crippen LogP contribution in [-0.4, -0.2) is 48.7 Å². The van der Waals surface area contributed by atoms with Crippen molar-refractivity contribution in [3.8, 4) is 5.75 Å². The Balaban J connectivity index is 2.14. The molecule has 1 heterocycles. The number of morpholine rings is 1. The third-order valence-electron chi connectivity index (χ3n) is 3.07. The molecular weight excluding hydrogens is 283 g/mol. The van der Waals surface area contributed by atoms with Crippen molar-refractivity contribution in [2.75, 3.05) is 26.8 Å². The van der Waals surface area contributed by atoms with E-state index >= 15 is 0 Å². The highest BCUT2D eigenvalue weighted by atomic mass is 32.1. The molecule has 2 rings (SSSR count). The Kier molecular flexibility index (Phi) is 4.51. The van der Waals surface area contributed by atoms with Gasteiger partial charge in [0.25, 0.3) is 5.91 Å². The van der Waals surface area contributed by atoms with Gasteiger partial charge in [-0.2, -0.15) is 0 Å². The van der Waals surface area contributed by atoms with E-state index in [0.29, 0.717) is 13.2 Å². The molecule has 5 nitrogen and oxygen atoms in total. The van der Waals surface area contributed by atoms with E-state index in [1.165, 1.54) is 19.2 Å². The maximum Gasteiger partial charge on any atom is 0.254 e. The van der Waals surface area contributed by atoms with Gasteiger partial charge in [0.15, 0.2) is 11.6 Å². The number of halogens is 1. The van der Waals surface area contributed by atoms with Gasteiger partial charge in [0.2, 0.25) is 0 Å². The van der Waals surface area contributed by atoms with Gasteiger partial charge in [0, 0.05) is 12.1 Å². The molecule has 2 N–H and O–H groups in total. The van der Waals surface area contributed by atoms with Crippen molar-refractivity contribution >= 4 is 23.1 Å². The van der Waals surface area contributed by atoms with Crippen LogP contribution in [0, 0.1) is 5.82 Å². The predicted octanol–water partition coefficient (Wildman–Crippen LogP) is 0.961. The molecule has 1 fully saturated rings. The Bertz CT molecular complexity index is 538. The summed E-state index contributed by atoms with van der Waals surface area (Å²) < 4.78 is 23.8. The molecular formula is C13H15FN2O3S. The highest BCUT2D eigenvalue weighted by molar-refractivity contribution is 7.80. The van der Waals surface area contributed by atoms with Gasteiger partial charge < -0.3 is 20.1 Å². The Hall–Kier alpha value is -1.73. The molecule has 0 saturated carbocycles. The quantitative estimate of drug-likeness (QED) is 0.842. The normalized spacial score (nSPS) is 18.7. The van der Waals surface area contributed by atoms with Crippen molar-refractivity contribution in [2.45, 2.75) is 6.10 Å². The van der Waals surface area contributed by atoms with Gasteiger partial charge in [-0.3, -0.25) is 4.79 Å². The summed E-state index contributed by atoms with van der Waals surface area (Å²) in [4.78, 5) is 14.1. The fraction of sp³-hybridized carbons (Fsp3) is 0.385. The van der Waals surface area contributed by atoms with E-state index in [9.17, 15) is 9.18 Å². The molecule has 0 aromatic heterocycles. The zero-order valence-corrected chi connectivity index (χ0v) is 11.8. The standard InChI is InChI=1S/C13H15FN2O3S/c1-18-10-3-2-8(6-9(10)14)13(17)16-4-5-19-11(7-16)12(15)20/h2-3,6,11H,4-5,7H2,1H3,(H2,15,20). The van der Waals surface area contributed by atoms with Crippen LogP contribution in [0.3, 0.4) is 0 Å². The van der Waals surface area contributed by atoms with Crippen LogP contribution in [0.1, 0.15) is 10.4 Å². The molecule has 7 heteroatoms. The minimum atomic E-state index is -0.572. The molecule has 108 valence electrons. The lowest BCUT2D eigenvalue weighted by atomic mass is 10.1.